The molecule has 2 aromatic carbocycles. The van der Waals surface area contributed by atoms with Crippen LogP contribution in [-0.2, 0) is 11.3 Å². The minimum atomic E-state index is -0.552. The Balaban J connectivity index is 1.95. The zero-order valence-corrected chi connectivity index (χ0v) is 19.3. The third-order valence-electron chi connectivity index (χ3n) is 4.68. The maximum absolute atomic E-state index is 13.2. The molecule has 0 aliphatic carbocycles. The highest BCUT2D eigenvalue weighted by atomic mass is 35.5. The fourth-order valence-corrected chi connectivity index (χ4v) is 3.33. The molecule has 3 aromatic rings. The number of Topliss-reactive ketones (excluding diaryl/α,β-unsaturated/α-hetero) is 1. The molecule has 1 aromatic heterocycles. The number of aromatic nitrogens is 2. The Labute approximate surface area is 200 Å². The van der Waals surface area contributed by atoms with E-state index in [1.54, 1.807) is 38.4 Å². The van der Waals surface area contributed by atoms with Gasteiger partial charge in [0.1, 0.15) is 5.75 Å². The summed E-state index contributed by atoms with van der Waals surface area (Å²) in [6.45, 7) is 0.0407. The largest absolute Gasteiger partial charge is 0.507 e. The topological polar surface area (TPSA) is 104 Å². The van der Waals surface area contributed by atoms with Crippen molar-refractivity contribution in [2.75, 3.05) is 19.0 Å². The van der Waals surface area contributed by atoms with E-state index >= 15 is 0 Å². The van der Waals surface area contributed by atoms with Crippen molar-refractivity contribution < 1.29 is 19.5 Å². The molecule has 0 aliphatic heterocycles. The van der Waals surface area contributed by atoms with Crippen LogP contribution in [0.2, 0.25) is 10.0 Å². The Morgan fingerprint density at radius 3 is 2.27 bits per heavy atom. The van der Waals surface area contributed by atoms with Crippen LogP contribution in [0.25, 0.3) is 0 Å². The van der Waals surface area contributed by atoms with Gasteiger partial charge in [0.05, 0.1) is 28.6 Å². The van der Waals surface area contributed by atoms with E-state index in [0.717, 1.165) is 0 Å². The number of halogens is 2. The number of anilines is 1. The molecule has 0 atom stereocenters. The van der Waals surface area contributed by atoms with Gasteiger partial charge in [0.15, 0.2) is 5.82 Å². The molecule has 0 radical (unpaired) electrons. The zero-order valence-electron chi connectivity index (χ0n) is 17.8. The van der Waals surface area contributed by atoms with Crippen LogP contribution in [0, 0.1) is 0 Å². The molecular formula is C23H20Cl2N4O4. The van der Waals surface area contributed by atoms with Gasteiger partial charge in [-0.05, 0) is 35.9 Å². The smallest absolute Gasteiger partial charge is 0.257 e. The van der Waals surface area contributed by atoms with Gasteiger partial charge in [0.25, 0.3) is 5.91 Å². The van der Waals surface area contributed by atoms with Crippen LogP contribution in [0.4, 0.5) is 5.69 Å². The van der Waals surface area contributed by atoms with Crippen LogP contribution in [0.5, 0.6) is 5.75 Å². The molecule has 2 amide bonds. The number of phenols is 1. The maximum Gasteiger partial charge on any atom is 0.257 e. The van der Waals surface area contributed by atoms with Crippen LogP contribution >= 0.6 is 23.2 Å². The summed E-state index contributed by atoms with van der Waals surface area (Å²) in [7, 11) is 3.13. The van der Waals surface area contributed by atoms with E-state index in [9.17, 15) is 19.5 Å². The Morgan fingerprint density at radius 1 is 0.970 bits per heavy atom. The maximum atomic E-state index is 13.2. The lowest BCUT2D eigenvalue weighted by Crippen LogP contribution is -2.32. The summed E-state index contributed by atoms with van der Waals surface area (Å²) in [5.41, 5.74) is 1.02. The second kappa shape index (κ2) is 10.4. The van der Waals surface area contributed by atoms with Gasteiger partial charge >= 0.3 is 0 Å². The molecule has 170 valence electrons. The lowest BCUT2D eigenvalue weighted by Gasteiger charge is -2.24. The monoisotopic (exact) mass is 486 g/mol. The van der Waals surface area contributed by atoms with Gasteiger partial charge in [0, 0.05) is 38.2 Å². The third kappa shape index (κ3) is 5.85. The molecule has 1 N–H and O–H groups in total. The normalized spacial score (nSPS) is 10.5. The Kier molecular flexibility index (Phi) is 7.63. The van der Waals surface area contributed by atoms with E-state index < -0.39 is 24.0 Å². The van der Waals surface area contributed by atoms with Crippen molar-refractivity contribution in [1.29, 1.82) is 0 Å². The van der Waals surface area contributed by atoms with Gasteiger partial charge in [-0.1, -0.05) is 29.3 Å². The first-order chi connectivity index (χ1) is 15.7. The summed E-state index contributed by atoms with van der Waals surface area (Å²) in [6, 6.07) is 10.7. The number of rotatable bonds is 7. The quantitative estimate of drug-likeness (QED) is 0.399. The summed E-state index contributed by atoms with van der Waals surface area (Å²) in [5, 5.41) is 11.1. The summed E-state index contributed by atoms with van der Waals surface area (Å²) in [5.74, 6) is -1.86. The molecule has 3 rings (SSSR count). The number of phenolic OH excluding ortho intramolecular Hbond substituents is 1. The summed E-state index contributed by atoms with van der Waals surface area (Å²) < 4.78 is 0. The third-order valence-corrected chi connectivity index (χ3v) is 5.42. The standard InChI is InChI=1S/C23H20Cl2N4O4/c1-28(2)23(33)16-6-5-15(11-19(16)30)29(13-14-4-7-17(24)18(25)10-14)21(32)12-20(31)22-26-8-3-9-27-22/h3-11,30H,12-13H2,1-2H3. The highest BCUT2D eigenvalue weighted by Gasteiger charge is 2.23. The fourth-order valence-electron chi connectivity index (χ4n) is 3.01. The first kappa shape index (κ1) is 24.2. The Hall–Kier alpha value is -3.49. The van der Waals surface area contributed by atoms with Crippen LogP contribution in [0.3, 0.4) is 0 Å². The molecule has 0 unspecified atom stereocenters. The number of benzene rings is 2. The van der Waals surface area contributed by atoms with E-state index in [0.29, 0.717) is 21.3 Å². The van der Waals surface area contributed by atoms with Gasteiger partial charge in [0.2, 0.25) is 11.7 Å². The molecule has 0 saturated carbocycles. The van der Waals surface area contributed by atoms with Crippen LogP contribution in [0.1, 0.15) is 33.0 Å². The van der Waals surface area contributed by atoms with Crippen molar-refractivity contribution in [3.63, 3.8) is 0 Å². The molecule has 0 fully saturated rings. The number of hydrogen-bond acceptors (Lipinski definition) is 6. The molecule has 33 heavy (non-hydrogen) atoms. The summed E-state index contributed by atoms with van der Waals surface area (Å²) in [4.78, 5) is 48.3. The van der Waals surface area contributed by atoms with E-state index in [1.807, 2.05) is 0 Å². The SMILES string of the molecule is CN(C)C(=O)c1ccc(N(Cc2ccc(Cl)c(Cl)c2)C(=O)CC(=O)c2ncccn2)cc1O. The van der Waals surface area contributed by atoms with Crippen molar-refractivity contribution in [2.45, 2.75) is 13.0 Å². The molecule has 1 heterocycles. The van der Waals surface area contributed by atoms with Crippen molar-refractivity contribution in [3.05, 3.63) is 81.9 Å². The second-order valence-electron chi connectivity index (χ2n) is 7.30. The van der Waals surface area contributed by atoms with Gasteiger partial charge in [-0.2, -0.15) is 0 Å². The van der Waals surface area contributed by atoms with Gasteiger partial charge < -0.3 is 14.9 Å². The predicted octanol–water partition coefficient (Wildman–Crippen LogP) is 4.00. The molecule has 0 spiro atoms. The van der Waals surface area contributed by atoms with Crippen molar-refractivity contribution in [1.82, 2.24) is 14.9 Å². The van der Waals surface area contributed by atoms with Gasteiger partial charge in [-0.25, -0.2) is 9.97 Å². The Bertz CT molecular complexity index is 1200. The molecule has 0 saturated heterocycles. The fraction of sp³-hybridized carbons (Fsp3) is 0.174. The Morgan fingerprint density at radius 2 is 1.67 bits per heavy atom. The first-order valence-corrected chi connectivity index (χ1v) is 10.5. The van der Waals surface area contributed by atoms with E-state index in [4.69, 9.17) is 23.2 Å². The predicted molar refractivity (Wildman–Crippen MR) is 125 cm³/mol. The van der Waals surface area contributed by atoms with Crippen LogP contribution in [0.15, 0.2) is 54.9 Å². The van der Waals surface area contributed by atoms with Gasteiger partial charge in [-0.3, -0.25) is 14.4 Å². The number of nitrogens with zero attached hydrogens (tertiary/aromatic N) is 4. The highest BCUT2D eigenvalue weighted by Crippen LogP contribution is 2.29. The van der Waals surface area contributed by atoms with E-state index in [2.05, 4.69) is 9.97 Å². The van der Waals surface area contributed by atoms with Crippen LogP contribution in [-0.4, -0.2) is 51.7 Å². The molecule has 10 heteroatoms. The van der Waals surface area contributed by atoms with E-state index in [1.165, 1.54) is 40.4 Å². The molecule has 8 nitrogen and oxygen atoms in total. The van der Waals surface area contributed by atoms with Gasteiger partial charge in [-0.15, -0.1) is 0 Å². The van der Waals surface area contributed by atoms with Crippen molar-refractivity contribution in [2.24, 2.45) is 0 Å². The van der Waals surface area contributed by atoms with Crippen LogP contribution < -0.4 is 4.90 Å². The lowest BCUT2D eigenvalue weighted by atomic mass is 10.1. The van der Waals surface area contributed by atoms with Crippen molar-refractivity contribution in [3.8, 4) is 5.75 Å². The minimum Gasteiger partial charge on any atom is -0.507 e. The summed E-state index contributed by atoms with van der Waals surface area (Å²) in [6.07, 6.45) is 2.33. The number of hydrogen-bond donors (Lipinski definition) is 1. The van der Waals surface area contributed by atoms with Crippen molar-refractivity contribution >= 4 is 46.5 Å². The first-order valence-electron chi connectivity index (χ1n) is 9.76. The second-order valence-corrected chi connectivity index (χ2v) is 8.12. The number of aromatic hydroxyl groups is 1. The number of carbonyl (C=O) groups is 3. The number of amides is 2. The average molecular weight is 487 g/mol. The molecular weight excluding hydrogens is 467 g/mol. The number of carbonyl (C=O) groups excluding carboxylic acids is 3. The lowest BCUT2D eigenvalue weighted by molar-refractivity contribution is -0.117. The average Bonchev–Trinajstić information content (AvgIpc) is 2.79. The molecule has 0 aliphatic rings. The van der Waals surface area contributed by atoms with E-state index in [-0.39, 0.29) is 23.7 Å². The highest BCUT2D eigenvalue weighted by molar-refractivity contribution is 6.42. The minimum absolute atomic E-state index is 0.0407. The zero-order chi connectivity index (χ0) is 24.1. The summed E-state index contributed by atoms with van der Waals surface area (Å²) >= 11 is 12.1. The molecule has 0 bridgehead atoms. The number of ketones is 1.